The van der Waals surface area contributed by atoms with Crippen molar-refractivity contribution in [1.82, 2.24) is 15.3 Å². The summed E-state index contributed by atoms with van der Waals surface area (Å²) in [7, 11) is 0. The molecular weight excluding hydrogens is 230 g/mol. The lowest BCUT2D eigenvalue weighted by Gasteiger charge is -2.21. The van der Waals surface area contributed by atoms with E-state index in [9.17, 15) is 0 Å². The van der Waals surface area contributed by atoms with E-state index >= 15 is 0 Å². The van der Waals surface area contributed by atoms with Gasteiger partial charge >= 0.3 is 0 Å². The molecule has 18 heavy (non-hydrogen) atoms. The molecule has 1 aromatic rings. The number of aromatic nitrogens is 2. The summed E-state index contributed by atoms with van der Waals surface area (Å²) in [6, 6.07) is 0. The predicted molar refractivity (Wildman–Crippen MR) is 68.5 cm³/mol. The highest BCUT2D eigenvalue weighted by atomic mass is 16.5. The lowest BCUT2D eigenvalue weighted by atomic mass is 10.0. The number of ether oxygens (including phenoxy) is 2. The predicted octanol–water partition coefficient (Wildman–Crippen LogP) is 1.39. The zero-order valence-electron chi connectivity index (χ0n) is 10.9. The molecule has 2 rings (SSSR count). The highest BCUT2D eigenvalue weighted by Gasteiger charge is 2.14. The smallest absolute Gasteiger partial charge is 0.232 e. The molecule has 2 heterocycles. The third-order valence-electron chi connectivity index (χ3n) is 3.03. The quantitative estimate of drug-likeness (QED) is 0.828. The van der Waals surface area contributed by atoms with Crippen molar-refractivity contribution in [1.29, 1.82) is 0 Å². The molecule has 100 valence electrons. The third-order valence-corrected chi connectivity index (χ3v) is 3.03. The molecule has 0 atom stereocenters. The van der Waals surface area contributed by atoms with Gasteiger partial charge in [0.1, 0.15) is 0 Å². The Balaban J connectivity index is 1.80. The van der Waals surface area contributed by atoms with Gasteiger partial charge in [-0.2, -0.15) is 0 Å². The van der Waals surface area contributed by atoms with Crippen LogP contribution in [-0.4, -0.2) is 36.3 Å². The second-order valence-electron chi connectivity index (χ2n) is 4.50. The van der Waals surface area contributed by atoms with Crippen molar-refractivity contribution in [3.63, 3.8) is 0 Å². The maximum absolute atomic E-state index is 5.71. The Morgan fingerprint density at radius 3 is 3.00 bits per heavy atom. The Bertz CT molecular complexity index is 354. The maximum atomic E-state index is 5.71. The Morgan fingerprint density at radius 2 is 2.22 bits per heavy atom. The second kappa shape index (κ2) is 7.28. The molecule has 0 bridgehead atoms. The molecule has 1 N–H and O–H groups in total. The van der Waals surface area contributed by atoms with E-state index in [1.807, 2.05) is 0 Å². The van der Waals surface area contributed by atoms with E-state index in [4.69, 9.17) is 9.47 Å². The molecule has 1 aromatic heterocycles. The Hall–Kier alpha value is -1.20. The molecule has 0 saturated carbocycles. The molecule has 5 heteroatoms. The first-order valence-electron chi connectivity index (χ1n) is 6.60. The van der Waals surface area contributed by atoms with E-state index in [1.165, 1.54) is 0 Å². The van der Waals surface area contributed by atoms with E-state index in [-0.39, 0.29) is 0 Å². The van der Waals surface area contributed by atoms with Gasteiger partial charge in [-0.1, -0.05) is 6.92 Å². The first kappa shape index (κ1) is 13.2. The average molecular weight is 251 g/mol. The van der Waals surface area contributed by atoms with Gasteiger partial charge in [0.15, 0.2) is 0 Å². The fourth-order valence-corrected chi connectivity index (χ4v) is 1.91. The number of rotatable bonds is 6. The molecule has 0 aliphatic carbocycles. The third kappa shape index (κ3) is 4.23. The van der Waals surface area contributed by atoms with Gasteiger partial charge in [0.2, 0.25) is 5.88 Å². The van der Waals surface area contributed by atoms with Crippen LogP contribution in [0, 0.1) is 5.92 Å². The molecule has 1 saturated heterocycles. The molecule has 0 amide bonds. The summed E-state index contributed by atoms with van der Waals surface area (Å²) in [5, 5.41) is 3.22. The van der Waals surface area contributed by atoms with Crippen molar-refractivity contribution in [3.05, 3.63) is 18.1 Å². The summed E-state index contributed by atoms with van der Waals surface area (Å²) in [4.78, 5) is 8.57. The van der Waals surface area contributed by atoms with Crippen molar-refractivity contribution in [3.8, 4) is 5.88 Å². The molecule has 0 spiro atoms. The fourth-order valence-electron chi connectivity index (χ4n) is 1.91. The summed E-state index contributed by atoms with van der Waals surface area (Å²) < 4.78 is 11.0. The van der Waals surface area contributed by atoms with Gasteiger partial charge in [-0.05, 0) is 25.3 Å². The SMILES string of the molecule is CCNCc1cncc(OCC2CCOCC2)n1. The minimum absolute atomic E-state index is 0.581. The topological polar surface area (TPSA) is 56.3 Å². The summed E-state index contributed by atoms with van der Waals surface area (Å²) in [5.41, 5.74) is 0.918. The van der Waals surface area contributed by atoms with Crippen molar-refractivity contribution >= 4 is 0 Å². The van der Waals surface area contributed by atoms with Crippen LogP contribution in [0.5, 0.6) is 5.88 Å². The molecule has 0 radical (unpaired) electrons. The maximum Gasteiger partial charge on any atom is 0.232 e. The van der Waals surface area contributed by atoms with Gasteiger partial charge in [0.05, 0.1) is 18.5 Å². The summed E-state index contributed by atoms with van der Waals surface area (Å²) in [6.07, 6.45) is 5.59. The van der Waals surface area contributed by atoms with E-state index < -0.39 is 0 Å². The minimum Gasteiger partial charge on any atom is -0.476 e. The number of nitrogens with zero attached hydrogens (tertiary/aromatic N) is 2. The van der Waals surface area contributed by atoms with Crippen LogP contribution in [0.4, 0.5) is 0 Å². The lowest BCUT2D eigenvalue weighted by Crippen LogP contribution is -2.22. The van der Waals surface area contributed by atoms with E-state index in [2.05, 4.69) is 22.2 Å². The molecule has 0 unspecified atom stereocenters. The standard InChI is InChI=1S/C13H21N3O2/c1-2-14-7-12-8-15-9-13(16-12)18-10-11-3-5-17-6-4-11/h8-9,11,14H,2-7,10H2,1H3. The van der Waals surface area contributed by atoms with Gasteiger partial charge in [-0.15, -0.1) is 0 Å². The van der Waals surface area contributed by atoms with Crippen LogP contribution in [0.25, 0.3) is 0 Å². The average Bonchev–Trinajstić information content (AvgIpc) is 2.44. The van der Waals surface area contributed by atoms with Crippen LogP contribution in [0.2, 0.25) is 0 Å². The fraction of sp³-hybridized carbons (Fsp3) is 0.692. The van der Waals surface area contributed by atoms with Crippen molar-refractivity contribution in [2.75, 3.05) is 26.4 Å². The molecular formula is C13H21N3O2. The Labute approximate surface area is 108 Å². The van der Waals surface area contributed by atoms with E-state index in [0.29, 0.717) is 18.4 Å². The highest BCUT2D eigenvalue weighted by Crippen LogP contribution is 2.16. The van der Waals surface area contributed by atoms with E-state index in [1.54, 1.807) is 12.4 Å². The van der Waals surface area contributed by atoms with Gasteiger partial charge in [-0.3, -0.25) is 4.98 Å². The van der Waals surface area contributed by atoms with Gasteiger partial charge < -0.3 is 14.8 Å². The van der Waals surface area contributed by atoms with Gasteiger partial charge in [0, 0.05) is 26.0 Å². The van der Waals surface area contributed by atoms with Gasteiger partial charge in [0.25, 0.3) is 0 Å². The zero-order valence-corrected chi connectivity index (χ0v) is 10.9. The van der Waals surface area contributed by atoms with Crippen LogP contribution >= 0.6 is 0 Å². The van der Waals surface area contributed by atoms with Crippen LogP contribution in [0.1, 0.15) is 25.5 Å². The van der Waals surface area contributed by atoms with Crippen LogP contribution in [0.3, 0.4) is 0 Å². The zero-order chi connectivity index (χ0) is 12.6. The van der Waals surface area contributed by atoms with Gasteiger partial charge in [-0.25, -0.2) is 4.98 Å². The molecule has 0 aromatic carbocycles. The Morgan fingerprint density at radius 1 is 1.39 bits per heavy atom. The molecule has 1 fully saturated rings. The summed E-state index contributed by atoms with van der Waals surface area (Å²) in [6.45, 7) is 6.13. The molecule has 1 aliphatic rings. The molecule has 1 aliphatic heterocycles. The summed E-state index contributed by atoms with van der Waals surface area (Å²) >= 11 is 0. The number of nitrogens with one attached hydrogen (secondary N) is 1. The monoisotopic (exact) mass is 251 g/mol. The Kier molecular flexibility index (Phi) is 5.36. The van der Waals surface area contributed by atoms with Crippen molar-refractivity contribution in [2.45, 2.75) is 26.3 Å². The first-order chi connectivity index (χ1) is 8.88. The second-order valence-corrected chi connectivity index (χ2v) is 4.50. The number of hydrogen-bond donors (Lipinski definition) is 1. The molecule has 5 nitrogen and oxygen atoms in total. The van der Waals surface area contributed by atoms with Crippen LogP contribution < -0.4 is 10.1 Å². The van der Waals surface area contributed by atoms with Crippen molar-refractivity contribution < 1.29 is 9.47 Å². The highest BCUT2D eigenvalue weighted by molar-refractivity contribution is 5.08. The van der Waals surface area contributed by atoms with Crippen molar-refractivity contribution in [2.24, 2.45) is 5.92 Å². The lowest BCUT2D eigenvalue weighted by molar-refractivity contribution is 0.0489. The summed E-state index contributed by atoms with van der Waals surface area (Å²) in [5.74, 6) is 1.20. The first-order valence-corrected chi connectivity index (χ1v) is 6.60. The largest absolute Gasteiger partial charge is 0.476 e. The van der Waals surface area contributed by atoms with E-state index in [0.717, 1.165) is 44.8 Å². The normalized spacial score (nSPS) is 16.7. The number of hydrogen-bond acceptors (Lipinski definition) is 5. The van der Waals surface area contributed by atoms with Crippen LogP contribution in [-0.2, 0) is 11.3 Å². The minimum atomic E-state index is 0.581. The van der Waals surface area contributed by atoms with Crippen LogP contribution in [0.15, 0.2) is 12.4 Å².